The van der Waals surface area contributed by atoms with Crippen molar-refractivity contribution in [2.45, 2.75) is 45.3 Å². The normalized spacial score (nSPS) is 16.6. The number of carbonyl (C=O) groups excluding carboxylic acids is 1. The molecule has 1 amide bonds. The van der Waals surface area contributed by atoms with Crippen LogP contribution in [0.3, 0.4) is 0 Å². The van der Waals surface area contributed by atoms with Gasteiger partial charge in [0.1, 0.15) is 23.1 Å². The fraction of sp³-hybridized carbons (Fsp3) is 0.226. The van der Waals surface area contributed by atoms with E-state index in [0.717, 1.165) is 12.1 Å². The van der Waals surface area contributed by atoms with Gasteiger partial charge in [0.2, 0.25) is 0 Å². The topological polar surface area (TPSA) is 55.0 Å². The Morgan fingerprint density at radius 3 is 2.38 bits per heavy atom. The van der Waals surface area contributed by atoms with E-state index in [1.807, 2.05) is 13.1 Å². The van der Waals surface area contributed by atoms with Gasteiger partial charge in [-0.15, -0.1) is 0 Å². The minimum atomic E-state index is -2.37. The monoisotopic (exact) mass is 562 g/mol. The largest absolute Gasteiger partial charge is 0.542 e. The van der Waals surface area contributed by atoms with Crippen molar-refractivity contribution >= 4 is 31.7 Å². The van der Waals surface area contributed by atoms with Crippen molar-refractivity contribution < 1.29 is 26.8 Å². The number of aliphatic imine (C=N–C) groups is 1. The van der Waals surface area contributed by atoms with Crippen LogP contribution in [-0.2, 0) is 11.2 Å². The summed E-state index contributed by atoms with van der Waals surface area (Å²) < 4.78 is 56.8. The molecule has 2 aromatic carbocycles. The van der Waals surface area contributed by atoms with Crippen molar-refractivity contribution in [1.29, 1.82) is 0 Å². The van der Waals surface area contributed by atoms with Gasteiger partial charge in [0, 0.05) is 29.3 Å². The molecule has 206 valence electrons. The van der Waals surface area contributed by atoms with Gasteiger partial charge in [-0.25, -0.2) is 18.2 Å². The smallest absolute Gasteiger partial charge is 0.262 e. The minimum Gasteiger partial charge on any atom is -0.542 e. The number of rotatable bonds is 6. The summed E-state index contributed by atoms with van der Waals surface area (Å²) in [6.07, 6.45) is 5.83. The summed E-state index contributed by atoms with van der Waals surface area (Å²) in [5.74, 6) is -1.95. The molecule has 2 aliphatic heterocycles. The molecule has 0 saturated heterocycles. The van der Waals surface area contributed by atoms with Gasteiger partial charge >= 0.3 is 0 Å². The van der Waals surface area contributed by atoms with Crippen molar-refractivity contribution in [3.05, 3.63) is 113 Å². The molecular formula is C31H29F3N2O3Si. The van der Waals surface area contributed by atoms with Crippen LogP contribution in [0.4, 0.5) is 13.2 Å². The first-order chi connectivity index (χ1) is 18.9. The Balaban J connectivity index is 1.60. The van der Waals surface area contributed by atoms with E-state index in [2.05, 4.69) is 25.8 Å². The van der Waals surface area contributed by atoms with E-state index in [0.29, 0.717) is 17.0 Å². The van der Waals surface area contributed by atoms with Gasteiger partial charge in [0.25, 0.3) is 14.2 Å². The lowest BCUT2D eigenvalue weighted by atomic mass is 10.0. The lowest BCUT2D eigenvalue weighted by molar-refractivity contribution is -0.121. The Labute approximate surface area is 232 Å². The van der Waals surface area contributed by atoms with E-state index in [1.165, 1.54) is 23.4 Å². The molecule has 0 fully saturated rings. The average molecular weight is 563 g/mol. The molecule has 0 N–H and O–H groups in total. The predicted octanol–water partition coefficient (Wildman–Crippen LogP) is 7.89. The molecule has 0 atom stereocenters. The van der Waals surface area contributed by atoms with Crippen LogP contribution >= 0.6 is 0 Å². The first-order valence-corrected chi connectivity index (χ1v) is 15.8. The Bertz CT molecular complexity index is 1590. The summed E-state index contributed by atoms with van der Waals surface area (Å²) in [6, 6.07) is 11.8. The second kappa shape index (κ2) is 10.1. The molecule has 5 rings (SSSR count). The third-order valence-electron chi connectivity index (χ3n) is 7.48. The van der Waals surface area contributed by atoms with Gasteiger partial charge in [-0.3, -0.25) is 9.69 Å². The third kappa shape index (κ3) is 5.09. The lowest BCUT2D eigenvalue weighted by Crippen LogP contribution is -2.44. The van der Waals surface area contributed by atoms with Crippen LogP contribution in [0.1, 0.15) is 37.7 Å². The van der Waals surface area contributed by atoms with Crippen LogP contribution in [0.2, 0.25) is 18.1 Å². The molecule has 2 aliphatic rings. The number of amides is 1. The van der Waals surface area contributed by atoms with Crippen molar-refractivity contribution in [3.8, 4) is 5.75 Å². The van der Waals surface area contributed by atoms with Crippen LogP contribution in [0.25, 0.3) is 11.8 Å². The number of furan rings is 1. The summed E-state index contributed by atoms with van der Waals surface area (Å²) >= 11 is 0. The zero-order chi connectivity index (χ0) is 28.8. The second-order valence-electron chi connectivity index (χ2n) is 11.2. The van der Waals surface area contributed by atoms with E-state index >= 15 is 4.39 Å². The number of hydrogen-bond acceptors (Lipinski definition) is 4. The summed E-state index contributed by atoms with van der Waals surface area (Å²) in [7, 11) is -2.37. The molecule has 0 radical (unpaired) electrons. The highest BCUT2D eigenvalue weighted by Crippen LogP contribution is 2.40. The molecule has 0 bridgehead atoms. The van der Waals surface area contributed by atoms with Crippen LogP contribution in [-0.4, -0.2) is 24.8 Å². The van der Waals surface area contributed by atoms with Gasteiger partial charge in [0.15, 0.2) is 5.82 Å². The zero-order valence-corrected chi connectivity index (χ0v) is 23.9. The van der Waals surface area contributed by atoms with E-state index in [9.17, 15) is 13.6 Å². The van der Waals surface area contributed by atoms with Gasteiger partial charge < -0.3 is 8.84 Å². The molecule has 0 saturated carbocycles. The predicted molar refractivity (Wildman–Crippen MR) is 151 cm³/mol. The van der Waals surface area contributed by atoms with Crippen LogP contribution in [0.5, 0.6) is 5.75 Å². The molecule has 40 heavy (non-hydrogen) atoms. The second-order valence-corrected chi connectivity index (χ2v) is 16.0. The first-order valence-electron chi connectivity index (χ1n) is 12.9. The third-order valence-corrected chi connectivity index (χ3v) is 11.8. The zero-order valence-electron chi connectivity index (χ0n) is 22.9. The highest BCUT2D eigenvalue weighted by molar-refractivity contribution is 6.74. The summed E-state index contributed by atoms with van der Waals surface area (Å²) in [5, 5.41) is -0.160. The maximum absolute atomic E-state index is 16.0. The molecular weight excluding hydrogens is 533 g/mol. The SMILES string of the molecule is CC(C)(C)[Si](C)(C)Oc1cccc(C2=CN3C(=O)/C(=C/c4ccco4)C=C3C(Cc3c(F)cccc3F)=N2)c1F. The summed E-state index contributed by atoms with van der Waals surface area (Å²) in [6.45, 7) is 10.2. The number of fused-ring (bicyclic) bond motifs is 1. The molecule has 9 heteroatoms. The molecule has 3 heterocycles. The Kier molecular flexibility index (Phi) is 6.95. The quantitative estimate of drug-likeness (QED) is 0.227. The van der Waals surface area contributed by atoms with Crippen molar-refractivity contribution in [2.24, 2.45) is 4.99 Å². The first kappa shape index (κ1) is 27.5. The van der Waals surface area contributed by atoms with E-state index < -0.39 is 31.7 Å². The van der Waals surface area contributed by atoms with E-state index in [-0.39, 0.29) is 39.7 Å². The van der Waals surface area contributed by atoms with Crippen molar-refractivity contribution in [2.75, 3.05) is 0 Å². The molecule has 0 unspecified atom stereocenters. The Morgan fingerprint density at radius 2 is 1.73 bits per heavy atom. The Hall–Kier alpha value is -4.11. The van der Waals surface area contributed by atoms with Gasteiger partial charge in [-0.1, -0.05) is 32.9 Å². The maximum atomic E-state index is 16.0. The lowest BCUT2D eigenvalue weighted by Gasteiger charge is -2.36. The fourth-order valence-electron chi connectivity index (χ4n) is 4.21. The molecule has 0 spiro atoms. The number of hydrogen-bond donors (Lipinski definition) is 0. The molecule has 3 aromatic rings. The minimum absolute atomic E-state index is 0.0920. The molecule has 0 aliphatic carbocycles. The van der Waals surface area contributed by atoms with Crippen LogP contribution < -0.4 is 4.43 Å². The highest BCUT2D eigenvalue weighted by Gasteiger charge is 2.40. The van der Waals surface area contributed by atoms with E-state index in [4.69, 9.17) is 8.84 Å². The number of nitrogens with zero attached hydrogens (tertiary/aromatic N) is 2. The fourth-order valence-corrected chi connectivity index (χ4v) is 5.22. The van der Waals surface area contributed by atoms with Crippen molar-refractivity contribution in [3.63, 3.8) is 0 Å². The average Bonchev–Trinajstić information content (AvgIpc) is 3.50. The van der Waals surface area contributed by atoms with Crippen LogP contribution in [0.15, 0.2) is 87.7 Å². The Morgan fingerprint density at radius 1 is 1.02 bits per heavy atom. The van der Waals surface area contributed by atoms with E-state index in [1.54, 1.807) is 42.5 Å². The maximum Gasteiger partial charge on any atom is 0.262 e. The van der Waals surface area contributed by atoms with Crippen LogP contribution in [0, 0.1) is 17.5 Å². The molecule has 5 nitrogen and oxygen atoms in total. The summed E-state index contributed by atoms with van der Waals surface area (Å²) in [5.41, 5.74) is 0.901. The number of benzene rings is 2. The molecule has 1 aromatic heterocycles. The number of allylic oxidation sites excluding steroid dienone is 1. The summed E-state index contributed by atoms with van der Waals surface area (Å²) in [4.78, 5) is 19.4. The van der Waals surface area contributed by atoms with Crippen molar-refractivity contribution in [1.82, 2.24) is 4.90 Å². The number of halogens is 3. The highest BCUT2D eigenvalue weighted by atomic mass is 28.4. The van der Waals surface area contributed by atoms with Gasteiger partial charge in [0.05, 0.1) is 23.4 Å². The standard InChI is InChI=1S/C31H29F3N2O3Si/c1-31(2,3)40(4,5)39-28-13-6-10-21(29(28)34)26-18-36-27(16-19(30(36)37)15-20-9-8-14-38-20)25(35-26)17-22-23(32)11-7-12-24(22)33/h6-16,18H,17H2,1-5H3/b19-15+. The number of carbonyl (C=O) groups is 1. The van der Waals surface area contributed by atoms with Gasteiger partial charge in [-0.2, -0.15) is 0 Å². The van der Waals surface area contributed by atoms with Gasteiger partial charge in [-0.05, 0) is 66.7 Å².